The number of aromatic nitrogens is 4. The average Bonchev–Trinajstić information content (AvgIpc) is 3.04. The van der Waals surface area contributed by atoms with Crippen molar-refractivity contribution in [3.63, 3.8) is 0 Å². The Balaban J connectivity index is 1.42. The van der Waals surface area contributed by atoms with Crippen LogP contribution in [0.3, 0.4) is 0 Å². The minimum Gasteiger partial charge on any atom is -0.300 e. The lowest BCUT2D eigenvalue weighted by atomic mass is 9.87. The molecule has 1 aliphatic heterocycles. The molecule has 128 valence electrons. The molecule has 1 atom stereocenters. The van der Waals surface area contributed by atoms with E-state index in [4.69, 9.17) is 10.1 Å². The van der Waals surface area contributed by atoms with Gasteiger partial charge in [-0.25, -0.2) is 9.50 Å². The Morgan fingerprint density at radius 1 is 1.00 bits per heavy atom. The van der Waals surface area contributed by atoms with Crippen LogP contribution in [-0.2, 0) is 0 Å². The summed E-state index contributed by atoms with van der Waals surface area (Å²) >= 11 is 0. The smallest absolute Gasteiger partial charge is 0.156 e. The molecule has 0 aromatic carbocycles. The van der Waals surface area contributed by atoms with Gasteiger partial charge >= 0.3 is 0 Å². The topological polar surface area (TPSA) is 46.3 Å². The van der Waals surface area contributed by atoms with Crippen molar-refractivity contribution in [2.45, 2.75) is 44.1 Å². The number of fused-ring (bicyclic) bond motifs is 1. The molecule has 0 unspecified atom stereocenters. The molecule has 5 rings (SSSR count). The molecule has 1 aliphatic carbocycles. The standard InChI is InChI=1S/C20H23N5/c1-6-18(7-1)24-11-3-5-17(13-24)20-22-19-9-8-16(14-25(19)23-20)15-4-2-10-21-12-15/h2,4,8-10,12,14,17-18H,1,3,5-7,11,13H2/t17-/m1/s1. The highest BCUT2D eigenvalue weighted by atomic mass is 15.3. The van der Waals surface area contributed by atoms with Gasteiger partial charge in [0.15, 0.2) is 11.5 Å². The molecule has 5 heteroatoms. The molecule has 3 aromatic heterocycles. The van der Waals surface area contributed by atoms with Crippen LogP contribution in [0.5, 0.6) is 0 Å². The largest absolute Gasteiger partial charge is 0.300 e. The SMILES string of the molecule is c1cncc(-c2ccc3nc([C@@H]4CCCN(C5CCC5)C4)nn3c2)c1. The van der Waals surface area contributed by atoms with Gasteiger partial charge in [-0.15, -0.1) is 0 Å². The van der Waals surface area contributed by atoms with Gasteiger partial charge in [0.05, 0.1) is 0 Å². The van der Waals surface area contributed by atoms with Crippen molar-refractivity contribution in [1.82, 2.24) is 24.5 Å². The number of pyridine rings is 2. The van der Waals surface area contributed by atoms with Gasteiger partial charge in [0, 0.05) is 48.2 Å². The lowest BCUT2D eigenvalue weighted by Gasteiger charge is -2.41. The molecule has 1 saturated heterocycles. The predicted octanol–water partition coefficient (Wildman–Crippen LogP) is 3.52. The van der Waals surface area contributed by atoms with Crippen LogP contribution < -0.4 is 0 Å². The zero-order valence-corrected chi connectivity index (χ0v) is 14.4. The van der Waals surface area contributed by atoms with Crippen molar-refractivity contribution in [1.29, 1.82) is 0 Å². The van der Waals surface area contributed by atoms with Crippen molar-refractivity contribution in [2.24, 2.45) is 0 Å². The van der Waals surface area contributed by atoms with Crippen LogP contribution in [0.25, 0.3) is 16.8 Å². The van der Waals surface area contributed by atoms with Crippen LogP contribution in [0, 0.1) is 0 Å². The normalized spacial score (nSPS) is 22.2. The monoisotopic (exact) mass is 333 g/mol. The summed E-state index contributed by atoms with van der Waals surface area (Å²) in [7, 11) is 0. The molecule has 4 heterocycles. The van der Waals surface area contributed by atoms with Gasteiger partial charge < -0.3 is 0 Å². The summed E-state index contributed by atoms with van der Waals surface area (Å²) in [5.74, 6) is 1.48. The second-order valence-electron chi connectivity index (χ2n) is 7.35. The highest BCUT2D eigenvalue weighted by molar-refractivity contribution is 5.63. The number of hydrogen-bond donors (Lipinski definition) is 0. The first-order valence-electron chi connectivity index (χ1n) is 9.37. The van der Waals surface area contributed by atoms with Crippen molar-refractivity contribution in [3.05, 3.63) is 48.7 Å². The summed E-state index contributed by atoms with van der Waals surface area (Å²) < 4.78 is 1.93. The molecule has 2 aliphatic rings. The molecule has 0 bridgehead atoms. The number of likely N-dealkylation sites (tertiary alicyclic amines) is 1. The first-order valence-corrected chi connectivity index (χ1v) is 9.37. The maximum Gasteiger partial charge on any atom is 0.156 e. The van der Waals surface area contributed by atoms with Gasteiger partial charge in [-0.1, -0.05) is 12.5 Å². The summed E-state index contributed by atoms with van der Waals surface area (Å²) in [6.07, 6.45) is 12.4. The number of nitrogens with zero attached hydrogens (tertiary/aromatic N) is 5. The molecule has 0 N–H and O–H groups in total. The maximum absolute atomic E-state index is 4.82. The molecule has 0 radical (unpaired) electrons. The van der Waals surface area contributed by atoms with Crippen molar-refractivity contribution < 1.29 is 0 Å². The fourth-order valence-corrected chi connectivity index (χ4v) is 4.08. The summed E-state index contributed by atoms with van der Waals surface area (Å²) in [5, 5.41) is 4.82. The molecule has 5 nitrogen and oxygen atoms in total. The van der Waals surface area contributed by atoms with Gasteiger partial charge in [0.25, 0.3) is 0 Å². The molecule has 1 saturated carbocycles. The Hall–Kier alpha value is -2.27. The molecule has 2 fully saturated rings. The van der Waals surface area contributed by atoms with Crippen LogP contribution in [0.1, 0.15) is 43.8 Å². The lowest BCUT2D eigenvalue weighted by molar-refractivity contribution is 0.0929. The van der Waals surface area contributed by atoms with Crippen molar-refractivity contribution in [2.75, 3.05) is 13.1 Å². The Bertz CT molecular complexity index is 868. The molecule has 3 aromatic rings. The van der Waals surface area contributed by atoms with Crippen LogP contribution in [0.15, 0.2) is 42.9 Å². The first-order chi connectivity index (χ1) is 12.4. The third kappa shape index (κ3) is 2.82. The quantitative estimate of drug-likeness (QED) is 0.736. The third-order valence-electron chi connectivity index (χ3n) is 5.75. The summed E-state index contributed by atoms with van der Waals surface area (Å²) in [6, 6.07) is 9.02. The zero-order chi connectivity index (χ0) is 16.6. The van der Waals surface area contributed by atoms with E-state index in [1.54, 1.807) is 6.20 Å². The average molecular weight is 333 g/mol. The third-order valence-corrected chi connectivity index (χ3v) is 5.75. The van der Waals surface area contributed by atoms with E-state index in [0.717, 1.165) is 35.2 Å². The Morgan fingerprint density at radius 3 is 2.76 bits per heavy atom. The second kappa shape index (κ2) is 6.23. The van der Waals surface area contributed by atoms with Crippen LogP contribution in [0.2, 0.25) is 0 Å². The predicted molar refractivity (Wildman–Crippen MR) is 97.4 cm³/mol. The van der Waals surface area contributed by atoms with Gasteiger partial charge in [0.2, 0.25) is 0 Å². The van der Waals surface area contributed by atoms with Gasteiger partial charge in [0.1, 0.15) is 0 Å². The second-order valence-corrected chi connectivity index (χ2v) is 7.35. The molecule has 0 amide bonds. The highest BCUT2D eigenvalue weighted by Crippen LogP contribution is 2.32. The molecular formula is C20H23N5. The van der Waals surface area contributed by atoms with E-state index in [1.807, 2.05) is 16.8 Å². The van der Waals surface area contributed by atoms with Crippen LogP contribution in [0.4, 0.5) is 0 Å². The van der Waals surface area contributed by atoms with E-state index >= 15 is 0 Å². The summed E-state index contributed by atoms with van der Waals surface area (Å²) in [5.41, 5.74) is 3.16. The van der Waals surface area contributed by atoms with E-state index < -0.39 is 0 Å². The fourth-order valence-electron chi connectivity index (χ4n) is 4.08. The minimum atomic E-state index is 0.469. The van der Waals surface area contributed by atoms with Gasteiger partial charge in [-0.05, 0) is 50.4 Å². The minimum absolute atomic E-state index is 0.469. The highest BCUT2D eigenvalue weighted by Gasteiger charge is 2.31. The zero-order valence-electron chi connectivity index (χ0n) is 14.4. The summed E-state index contributed by atoms with van der Waals surface area (Å²) in [6.45, 7) is 2.37. The number of piperidine rings is 1. The molecule has 25 heavy (non-hydrogen) atoms. The first kappa shape index (κ1) is 15.0. The maximum atomic E-state index is 4.82. The summed E-state index contributed by atoms with van der Waals surface area (Å²) in [4.78, 5) is 11.7. The Morgan fingerprint density at radius 2 is 1.96 bits per heavy atom. The van der Waals surface area contributed by atoms with Crippen LogP contribution >= 0.6 is 0 Å². The van der Waals surface area contributed by atoms with E-state index in [-0.39, 0.29) is 0 Å². The lowest BCUT2D eigenvalue weighted by Crippen LogP contribution is -2.45. The fraction of sp³-hybridized carbons (Fsp3) is 0.450. The van der Waals surface area contributed by atoms with Crippen molar-refractivity contribution >= 4 is 5.65 Å². The molecule has 0 spiro atoms. The van der Waals surface area contributed by atoms with Crippen molar-refractivity contribution in [3.8, 4) is 11.1 Å². The number of hydrogen-bond acceptors (Lipinski definition) is 4. The van der Waals surface area contributed by atoms with E-state index in [9.17, 15) is 0 Å². The molecular weight excluding hydrogens is 310 g/mol. The van der Waals surface area contributed by atoms with Crippen LogP contribution in [-0.4, -0.2) is 43.6 Å². The van der Waals surface area contributed by atoms with E-state index in [2.05, 4.69) is 34.3 Å². The van der Waals surface area contributed by atoms with E-state index in [0.29, 0.717) is 5.92 Å². The van der Waals surface area contributed by atoms with E-state index in [1.165, 1.54) is 38.6 Å². The van der Waals surface area contributed by atoms with Gasteiger partial charge in [-0.2, -0.15) is 5.10 Å². The van der Waals surface area contributed by atoms with Gasteiger partial charge in [-0.3, -0.25) is 9.88 Å². The number of rotatable bonds is 3. The Labute approximate surface area is 147 Å². The Kier molecular flexibility index (Phi) is 3.74.